The molecule has 0 unspecified atom stereocenters. The van der Waals surface area contributed by atoms with Crippen LogP contribution in [0, 0.1) is 0 Å². The number of hydrogen-bond acceptors (Lipinski definition) is 5. The fourth-order valence-electron chi connectivity index (χ4n) is 2.44. The zero-order valence-corrected chi connectivity index (χ0v) is 17.1. The van der Waals surface area contributed by atoms with Crippen LogP contribution in [0.4, 0.5) is 18.9 Å². The lowest BCUT2D eigenvalue weighted by molar-refractivity contribution is -0.123. The zero-order chi connectivity index (χ0) is 22.9. The van der Waals surface area contributed by atoms with Gasteiger partial charge in [0.15, 0.2) is 5.78 Å². The van der Waals surface area contributed by atoms with Crippen LogP contribution in [-0.4, -0.2) is 42.8 Å². The second-order valence-electron chi connectivity index (χ2n) is 6.43. The van der Waals surface area contributed by atoms with Crippen molar-refractivity contribution in [2.24, 2.45) is 0 Å². The molecule has 2 rings (SSSR count). The molecule has 0 saturated carbocycles. The number of nitrogens with one attached hydrogen (secondary N) is 3. The van der Waals surface area contributed by atoms with Gasteiger partial charge in [0.2, 0.25) is 11.8 Å². The summed E-state index contributed by atoms with van der Waals surface area (Å²) in [5, 5.41) is 8.57. The van der Waals surface area contributed by atoms with E-state index in [1.54, 1.807) is 22.8 Å². The Balaban J connectivity index is 1.71. The molecule has 0 spiro atoms. The first-order chi connectivity index (χ1) is 14.6. The molecule has 0 atom stereocenters. The minimum atomic E-state index is -4.52. The second kappa shape index (κ2) is 11.3. The van der Waals surface area contributed by atoms with E-state index >= 15 is 0 Å². The molecule has 0 saturated heterocycles. The summed E-state index contributed by atoms with van der Waals surface area (Å²) in [6.45, 7) is -1.41. The second-order valence-corrected chi connectivity index (χ2v) is 7.37. The number of anilines is 1. The van der Waals surface area contributed by atoms with Crippen molar-refractivity contribution in [1.29, 1.82) is 0 Å². The first-order valence-electron chi connectivity index (χ1n) is 9.22. The fraction of sp³-hybridized carbons (Fsp3) is 0.300. The Labute approximate surface area is 180 Å². The summed E-state index contributed by atoms with van der Waals surface area (Å²) >= 11 is 1.30. The third kappa shape index (κ3) is 8.99. The van der Waals surface area contributed by atoms with Crippen LogP contribution in [0.15, 0.2) is 41.8 Å². The van der Waals surface area contributed by atoms with E-state index in [1.165, 1.54) is 35.6 Å². The van der Waals surface area contributed by atoms with E-state index in [4.69, 9.17) is 0 Å². The maximum absolute atomic E-state index is 12.2. The molecule has 0 aliphatic carbocycles. The van der Waals surface area contributed by atoms with Gasteiger partial charge in [-0.1, -0.05) is 12.1 Å². The highest BCUT2D eigenvalue weighted by Gasteiger charge is 2.27. The first-order valence-corrected chi connectivity index (χ1v) is 10.1. The minimum Gasteiger partial charge on any atom is -0.356 e. The molecule has 2 aromatic rings. The van der Waals surface area contributed by atoms with Crippen molar-refractivity contribution < 1.29 is 32.3 Å². The van der Waals surface area contributed by atoms with E-state index in [9.17, 15) is 32.3 Å². The number of rotatable bonds is 10. The largest absolute Gasteiger partial charge is 0.405 e. The van der Waals surface area contributed by atoms with Crippen LogP contribution in [0.1, 0.15) is 39.3 Å². The average Bonchev–Trinajstić information content (AvgIpc) is 3.25. The Morgan fingerprint density at radius 2 is 1.68 bits per heavy atom. The van der Waals surface area contributed by atoms with Gasteiger partial charge >= 0.3 is 6.18 Å². The topological polar surface area (TPSA) is 104 Å². The van der Waals surface area contributed by atoms with E-state index in [0.29, 0.717) is 4.88 Å². The van der Waals surface area contributed by atoms with Gasteiger partial charge in [-0.05, 0) is 29.6 Å². The highest BCUT2D eigenvalue weighted by atomic mass is 32.1. The summed E-state index contributed by atoms with van der Waals surface area (Å²) in [5.41, 5.74) is 0.197. The van der Waals surface area contributed by atoms with Crippen molar-refractivity contribution in [3.05, 3.63) is 52.2 Å². The van der Waals surface area contributed by atoms with Crippen molar-refractivity contribution in [2.75, 3.05) is 18.4 Å². The fourth-order valence-corrected chi connectivity index (χ4v) is 3.13. The number of thiophene rings is 1. The monoisotopic (exact) mass is 455 g/mol. The van der Waals surface area contributed by atoms with E-state index in [1.807, 2.05) is 0 Å². The third-order valence-electron chi connectivity index (χ3n) is 3.91. The van der Waals surface area contributed by atoms with Crippen LogP contribution < -0.4 is 16.0 Å². The van der Waals surface area contributed by atoms with E-state index < -0.39 is 24.5 Å². The normalized spacial score (nSPS) is 10.9. The number of carbonyl (C=O) groups is 4. The Morgan fingerprint density at radius 3 is 2.35 bits per heavy atom. The van der Waals surface area contributed by atoms with Crippen molar-refractivity contribution in [2.45, 2.75) is 25.4 Å². The molecule has 1 aromatic heterocycles. The third-order valence-corrected chi connectivity index (χ3v) is 4.82. The van der Waals surface area contributed by atoms with Gasteiger partial charge in [0, 0.05) is 37.1 Å². The molecule has 0 bridgehead atoms. The van der Waals surface area contributed by atoms with E-state index in [0.717, 1.165) is 0 Å². The smallest absolute Gasteiger partial charge is 0.356 e. The molecule has 3 N–H and O–H groups in total. The van der Waals surface area contributed by atoms with Gasteiger partial charge in [0.25, 0.3) is 5.91 Å². The number of alkyl halides is 3. The van der Waals surface area contributed by atoms with Gasteiger partial charge in [-0.25, -0.2) is 0 Å². The van der Waals surface area contributed by atoms with Crippen LogP contribution in [0.3, 0.4) is 0 Å². The lowest BCUT2D eigenvalue weighted by Gasteiger charge is -2.10. The summed E-state index contributed by atoms with van der Waals surface area (Å²) in [5.74, 6) is -1.86. The van der Waals surface area contributed by atoms with Crippen molar-refractivity contribution in [3.8, 4) is 0 Å². The molecule has 0 aliphatic rings. The molecule has 0 radical (unpaired) electrons. The number of hydrogen-bond donors (Lipinski definition) is 3. The van der Waals surface area contributed by atoms with Gasteiger partial charge in [0.1, 0.15) is 6.54 Å². The number of halogens is 3. The highest BCUT2D eigenvalue weighted by molar-refractivity contribution is 7.12. The number of carbonyl (C=O) groups excluding carboxylic acids is 4. The lowest BCUT2D eigenvalue weighted by Crippen LogP contribution is -2.33. The predicted octanol–water partition coefficient (Wildman–Crippen LogP) is 3.15. The van der Waals surface area contributed by atoms with Gasteiger partial charge in [-0.2, -0.15) is 13.2 Å². The Kier molecular flexibility index (Phi) is 8.74. The number of benzene rings is 1. The maximum Gasteiger partial charge on any atom is 0.405 e. The highest BCUT2D eigenvalue weighted by Crippen LogP contribution is 2.15. The summed E-state index contributed by atoms with van der Waals surface area (Å²) in [6.07, 6.45) is -4.51. The number of ketones is 1. The minimum absolute atomic E-state index is 0.00738. The van der Waals surface area contributed by atoms with E-state index in [2.05, 4.69) is 10.6 Å². The SMILES string of the molecule is O=C(CCC(=O)c1cccs1)NCCC(=O)Nc1cccc(C(=O)NCC(F)(F)F)c1. The lowest BCUT2D eigenvalue weighted by atomic mass is 10.2. The quantitative estimate of drug-likeness (QED) is 0.479. The van der Waals surface area contributed by atoms with Gasteiger partial charge < -0.3 is 16.0 Å². The number of amides is 3. The molecule has 7 nitrogen and oxygen atoms in total. The van der Waals surface area contributed by atoms with Gasteiger partial charge in [0.05, 0.1) is 4.88 Å². The predicted molar refractivity (Wildman–Crippen MR) is 109 cm³/mol. The average molecular weight is 455 g/mol. The molecule has 1 heterocycles. The molecule has 0 fully saturated rings. The molecular weight excluding hydrogens is 435 g/mol. The first kappa shape index (κ1) is 24.1. The molecule has 11 heteroatoms. The summed E-state index contributed by atoms with van der Waals surface area (Å²) in [6, 6.07) is 8.90. The van der Waals surface area contributed by atoms with Crippen LogP contribution in [0.5, 0.6) is 0 Å². The van der Waals surface area contributed by atoms with Gasteiger partial charge in [-0.3, -0.25) is 19.2 Å². The van der Waals surface area contributed by atoms with Crippen LogP contribution >= 0.6 is 11.3 Å². The van der Waals surface area contributed by atoms with Crippen molar-refractivity contribution in [3.63, 3.8) is 0 Å². The Bertz CT molecular complexity index is 930. The summed E-state index contributed by atoms with van der Waals surface area (Å²) < 4.78 is 36.6. The maximum atomic E-state index is 12.2. The molecule has 166 valence electrons. The van der Waals surface area contributed by atoms with Gasteiger partial charge in [-0.15, -0.1) is 11.3 Å². The Hall–Kier alpha value is -3.21. The summed E-state index contributed by atoms with van der Waals surface area (Å²) in [4.78, 5) is 48.0. The van der Waals surface area contributed by atoms with Crippen LogP contribution in [0.25, 0.3) is 0 Å². The standard InChI is InChI=1S/C20H20F3N3O4S/c21-20(22,23)12-25-19(30)13-3-1-4-14(11-13)26-18(29)8-9-24-17(28)7-6-15(27)16-5-2-10-31-16/h1-5,10-11H,6-9,12H2,(H,24,28)(H,25,30)(H,26,29). The molecule has 0 aliphatic heterocycles. The summed E-state index contributed by atoms with van der Waals surface area (Å²) in [7, 11) is 0. The zero-order valence-electron chi connectivity index (χ0n) is 16.3. The molecule has 3 amide bonds. The van der Waals surface area contributed by atoms with Crippen LogP contribution in [0.2, 0.25) is 0 Å². The number of Topliss-reactive ketones (excluding diaryl/α,β-unsaturated/α-hetero) is 1. The molecule has 1 aromatic carbocycles. The van der Waals surface area contributed by atoms with Crippen LogP contribution in [-0.2, 0) is 9.59 Å². The van der Waals surface area contributed by atoms with E-state index in [-0.39, 0.29) is 48.7 Å². The molecular formula is C20H20F3N3O4S. The van der Waals surface area contributed by atoms with Crippen molar-refractivity contribution >= 4 is 40.5 Å². The van der Waals surface area contributed by atoms with Crippen molar-refractivity contribution in [1.82, 2.24) is 10.6 Å². The molecule has 31 heavy (non-hydrogen) atoms. The Morgan fingerprint density at radius 1 is 0.903 bits per heavy atom.